The van der Waals surface area contributed by atoms with Gasteiger partial charge in [0.1, 0.15) is 6.61 Å². The molecule has 0 saturated carbocycles. The zero-order valence-electron chi connectivity index (χ0n) is 46.3. The number of carbonyl (C=O) groups excluding carboxylic acids is 2. The van der Waals surface area contributed by atoms with E-state index < -0.39 is 6.10 Å². The van der Waals surface area contributed by atoms with E-state index in [0.29, 0.717) is 12.8 Å². The predicted molar refractivity (Wildman–Crippen MR) is 306 cm³/mol. The number of esters is 2. The molecule has 0 saturated heterocycles. The Kier molecular flexibility index (Phi) is 57.9. The van der Waals surface area contributed by atoms with Gasteiger partial charge in [-0.1, -0.05) is 279 Å². The molecule has 0 aliphatic carbocycles. The van der Waals surface area contributed by atoms with Crippen molar-refractivity contribution in [2.24, 2.45) is 0 Å². The summed E-state index contributed by atoms with van der Waals surface area (Å²) in [6.07, 6.45) is 84.5. The van der Waals surface area contributed by atoms with Gasteiger partial charge in [-0.05, 0) is 89.9 Å². The van der Waals surface area contributed by atoms with Gasteiger partial charge in [-0.25, -0.2) is 0 Å². The van der Waals surface area contributed by atoms with E-state index in [4.69, 9.17) is 9.47 Å². The van der Waals surface area contributed by atoms with Crippen LogP contribution >= 0.6 is 0 Å². The van der Waals surface area contributed by atoms with Crippen molar-refractivity contribution in [2.45, 2.75) is 302 Å². The standard InChI is InChI=1S/C65H114O5/c1-3-5-7-9-11-13-15-17-19-21-22-23-24-25-26-27-28-29-30-31-32-33-34-35-36-37-38-39-40-41-42-44-45-47-49-51-53-55-57-59-64(67)69-62-63(61-66)70-65(68)60-58-56-54-52-50-48-46-43-20-18-16-14-12-10-8-6-4-2/h6,8,12,14-15,17-18,20-22,24-25,46,48,63,66H,3-5,7,9-11,13,16,19,23,26-45,47,49-62H2,1-2H3/b8-6-,14-12-,17-15-,20-18-,22-21-,25-24-,48-46-. The highest BCUT2D eigenvalue weighted by atomic mass is 16.6. The van der Waals surface area contributed by atoms with Crippen LogP contribution in [0, 0.1) is 0 Å². The fourth-order valence-corrected chi connectivity index (χ4v) is 8.67. The number of unbranched alkanes of at least 4 members (excludes halogenated alkanes) is 33. The van der Waals surface area contributed by atoms with Crippen LogP contribution in [0.3, 0.4) is 0 Å². The Bertz CT molecular complexity index is 1290. The highest BCUT2D eigenvalue weighted by Crippen LogP contribution is 2.17. The lowest BCUT2D eigenvalue weighted by atomic mass is 10.0. The van der Waals surface area contributed by atoms with Crippen molar-refractivity contribution < 1.29 is 24.2 Å². The van der Waals surface area contributed by atoms with Crippen LogP contribution in [0.2, 0.25) is 0 Å². The van der Waals surface area contributed by atoms with Gasteiger partial charge in [0.25, 0.3) is 0 Å². The number of carbonyl (C=O) groups is 2. The highest BCUT2D eigenvalue weighted by molar-refractivity contribution is 5.70. The topological polar surface area (TPSA) is 72.8 Å². The molecule has 404 valence electrons. The summed E-state index contributed by atoms with van der Waals surface area (Å²) in [5.74, 6) is -0.611. The first-order valence-corrected chi connectivity index (χ1v) is 30.1. The van der Waals surface area contributed by atoms with E-state index in [-0.39, 0.29) is 25.2 Å². The van der Waals surface area contributed by atoms with Gasteiger partial charge >= 0.3 is 11.9 Å². The number of ether oxygens (including phenoxy) is 2. The number of allylic oxidation sites excluding steroid dienone is 14. The van der Waals surface area contributed by atoms with Crippen LogP contribution in [-0.2, 0) is 19.1 Å². The molecule has 5 heteroatoms. The molecule has 0 bridgehead atoms. The predicted octanol–water partition coefficient (Wildman–Crippen LogP) is 20.5. The molecule has 1 N–H and O–H groups in total. The molecule has 0 aromatic carbocycles. The molecule has 0 rings (SSSR count). The normalized spacial score (nSPS) is 12.8. The van der Waals surface area contributed by atoms with Crippen molar-refractivity contribution in [3.05, 3.63) is 85.1 Å². The fourth-order valence-electron chi connectivity index (χ4n) is 8.67. The molecular weight excluding hydrogens is 861 g/mol. The minimum atomic E-state index is -0.788. The number of aliphatic hydroxyl groups excluding tert-OH is 1. The molecule has 0 aromatic rings. The third-order valence-corrected chi connectivity index (χ3v) is 13.2. The highest BCUT2D eigenvalue weighted by Gasteiger charge is 2.16. The molecule has 0 radical (unpaired) electrons. The van der Waals surface area contributed by atoms with Gasteiger partial charge in [0.05, 0.1) is 6.61 Å². The van der Waals surface area contributed by atoms with E-state index in [0.717, 1.165) is 89.9 Å². The van der Waals surface area contributed by atoms with Crippen molar-refractivity contribution in [1.29, 1.82) is 0 Å². The summed E-state index contributed by atoms with van der Waals surface area (Å²) in [6, 6.07) is 0. The van der Waals surface area contributed by atoms with Crippen LogP contribution in [0.15, 0.2) is 85.1 Å². The molecule has 0 aromatic heterocycles. The summed E-state index contributed by atoms with van der Waals surface area (Å²) < 4.78 is 10.7. The number of hydrogen-bond donors (Lipinski definition) is 1. The second-order valence-electron chi connectivity index (χ2n) is 20.0. The molecule has 1 atom stereocenters. The van der Waals surface area contributed by atoms with Crippen LogP contribution < -0.4 is 0 Å². The Balaban J connectivity index is 3.42. The van der Waals surface area contributed by atoms with E-state index in [1.165, 1.54) is 180 Å². The van der Waals surface area contributed by atoms with Crippen LogP contribution in [0.1, 0.15) is 296 Å². The van der Waals surface area contributed by atoms with Crippen molar-refractivity contribution in [2.75, 3.05) is 13.2 Å². The van der Waals surface area contributed by atoms with E-state index in [9.17, 15) is 14.7 Å². The maximum atomic E-state index is 12.3. The molecule has 0 heterocycles. The van der Waals surface area contributed by atoms with Crippen LogP contribution in [0.4, 0.5) is 0 Å². The van der Waals surface area contributed by atoms with Gasteiger partial charge in [0.2, 0.25) is 0 Å². The maximum absolute atomic E-state index is 12.3. The smallest absolute Gasteiger partial charge is 0.306 e. The fraction of sp³-hybridized carbons (Fsp3) is 0.754. The van der Waals surface area contributed by atoms with Crippen LogP contribution in [0.5, 0.6) is 0 Å². The van der Waals surface area contributed by atoms with Gasteiger partial charge in [0.15, 0.2) is 6.10 Å². The molecule has 70 heavy (non-hydrogen) atoms. The Morgan fingerprint density at radius 1 is 0.343 bits per heavy atom. The minimum absolute atomic E-state index is 0.0764. The molecule has 1 unspecified atom stereocenters. The third kappa shape index (κ3) is 57.7. The second kappa shape index (κ2) is 60.4. The third-order valence-electron chi connectivity index (χ3n) is 13.2. The molecule has 0 fully saturated rings. The molecule has 0 aliphatic rings. The van der Waals surface area contributed by atoms with E-state index >= 15 is 0 Å². The quantitative estimate of drug-likeness (QED) is 0.0373. The zero-order valence-corrected chi connectivity index (χ0v) is 46.3. The first kappa shape index (κ1) is 67.1. The van der Waals surface area contributed by atoms with E-state index in [2.05, 4.69) is 98.9 Å². The zero-order chi connectivity index (χ0) is 50.6. The summed E-state index contributed by atoms with van der Waals surface area (Å²) in [4.78, 5) is 24.5. The van der Waals surface area contributed by atoms with Crippen molar-refractivity contribution in [1.82, 2.24) is 0 Å². The van der Waals surface area contributed by atoms with Gasteiger partial charge < -0.3 is 14.6 Å². The summed E-state index contributed by atoms with van der Waals surface area (Å²) in [7, 11) is 0. The van der Waals surface area contributed by atoms with Gasteiger partial charge in [-0.15, -0.1) is 0 Å². The van der Waals surface area contributed by atoms with Gasteiger partial charge in [-0.2, -0.15) is 0 Å². The SMILES string of the molecule is CC/C=C\C/C=C\C/C=C\C/C=C\CCCCCCC(=O)OC(CO)COC(=O)CCCCCCCCCCCCCCCCCCCCCCCCCC/C=C\C/C=C\C/C=C\CCCCCCC. The number of hydrogen-bond acceptors (Lipinski definition) is 5. The summed E-state index contributed by atoms with van der Waals surface area (Å²) in [5.41, 5.74) is 0. The first-order valence-electron chi connectivity index (χ1n) is 30.1. The second-order valence-corrected chi connectivity index (χ2v) is 20.0. The Hall–Kier alpha value is -2.92. The van der Waals surface area contributed by atoms with E-state index in [1.807, 2.05) is 0 Å². The number of aliphatic hydroxyl groups is 1. The summed E-state index contributed by atoms with van der Waals surface area (Å²) in [5, 5.41) is 9.64. The molecule has 0 amide bonds. The monoisotopic (exact) mass is 975 g/mol. The lowest BCUT2D eigenvalue weighted by Gasteiger charge is -2.15. The molecule has 5 nitrogen and oxygen atoms in total. The molecular formula is C65H114O5. The van der Waals surface area contributed by atoms with Crippen molar-refractivity contribution >= 4 is 11.9 Å². The minimum Gasteiger partial charge on any atom is -0.462 e. The molecule has 0 spiro atoms. The van der Waals surface area contributed by atoms with Gasteiger partial charge in [-0.3, -0.25) is 9.59 Å². The van der Waals surface area contributed by atoms with Gasteiger partial charge in [0, 0.05) is 12.8 Å². The average molecular weight is 976 g/mol. The summed E-state index contributed by atoms with van der Waals surface area (Å²) >= 11 is 0. The lowest BCUT2D eigenvalue weighted by molar-refractivity contribution is -0.161. The average Bonchev–Trinajstić information content (AvgIpc) is 3.36. The molecule has 0 aliphatic heterocycles. The Morgan fingerprint density at radius 3 is 0.929 bits per heavy atom. The van der Waals surface area contributed by atoms with Crippen molar-refractivity contribution in [3.63, 3.8) is 0 Å². The summed E-state index contributed by atoms with van der Waals surface area (Å²) in [6.45, 7) is 4.01. The lowest BCUT2D eigenvalue weighted by Crippen LogP contribution is -2.28. The Morgan fingerprint density at radius 2 is 0.614 bits per heavy atom. The van der Waals surface area contributed by atoms with E-state index in [1.54, 1.807) is 0 Å². The van der Waals surface area contributed by atoms with Crippen LogP contribution in [0.25, 0.3) is 0 Å². The van der Waals surface area contributed by atoms with Crippen molar-refractivity contribution in [3.8, 4) is 0 Å². The first-order chi connectivity index (χ1) is 34.6. The Labute approximate surface area is 435 Å². The number of rotatable bonds is 55. The van der Waals surface area contributed by atoms with Crippen LogP contribution in [-0.4, -0.2) is 36.4 Å². The largest absolute Gasteiger partial charge is 0.462 e. The maximum Gasteiger partial charge on any atom is 0.306 e.